The zero-order valence-corrected chi connectivity index (χ0v) is 24.0. The molecule has 0 N–H and O–H groups in total. The zero-order valence-electron chi connectivity index (χ0n) is 20.2. The Morgan fingerprint density at radius 2 is 1.62 bits per heavy atom. The molecule has 3 aromatic rings. The van der Waals surface area contributed by atoms with Crippen LogP contribution in [0, 0.1) is 0 Å². The second-order valence-electron chi connectivity index (χ2n) is 9.41. The molecule has 6 rings (SSSR count). The van der Waals surface area contributed by atoms with Gasteiger partial charge in [0.25, 0.3) is 5.01 Å². The van der Waals surface area contributed by atoms with Gasteiger partial charge in [0.05, 0.1) is 10.7 Å². The summed E-state index contributed by atoms with van der Waals surface area (Å²) in [7, 11) is 0. The van der Waals surface area contributed by atoms with E-state index in [4.69, 9.17) is 0 Å². The van der Waals surface area contributed by atoms with Gasteiger partial charge in [0, 0.05) is 23.6 Å². The molecule has 0 saturated carbocycles. The van der Waals surface area contributed by atoms with Crippen LogP contribution in [0.3, 0.4) is 0 Å². The van der Waals surface area contributed by atoms with Crippen molar-refractivity contribution in [1.29, 1.82) is 0 Å². The third-order valence-electron chi connectivity index (χ3n) is 7.56. The quantitative estimate of drug-likeness (QED) is 0.323. The molecule has 2 heterocycles. The smallest absolute Gasteiger partial charge is 0.262 e. The molecule has 3 aliphatic rings. The molecular weight excluding hydrogens is 567 g/mol. The van der Waals surface area contributed by atoms with E-state index in [0.29, 0.717) is 0 Å². The van der Waals surface area contributed by atoms with Crippen molar-refractivity contribution in [3.63, 3.8) is 0 Å². The summed E-state index contributed by atoms with van der Waals surface area (Å²) in [5.41, 5.74) is 9.23. The van der Waals surface area contributed by atoms with Crippen molar-refractivity contribution in [2.75, 3.05) is 11.4 Å². The molecule has 0 radical (unpaired) electrons. The molecule has 0 atom stereocenters. The number of halogens is 1. The van der Waals surface area contributed by atoms with Gasteiger partial charge in [-0.25, -0.2) is 0 Å². The van der Waals surface area contributed by atoms with Gasteiger partial charge in [-0.15, -0.1) is 0 Å². The van der Waals surface area contributed by atoms with Gasteiger partial charge < -0.3 is 28.9 Å². The van der Waals surface area contributed by atoms with Crippen molar-refractivity contribution in [2.24, 2.45) is 0 Å². The van der Waals surface area contributed by atoms with Gasteiger partial charge >= 0.3 is 0 Å². The lowest BCUT2D eigenvalue weighted by Gasteiger charge is -2.21. The summed E-state index contributed by atoms with van der Waals surface area (Å²) < 4.78 is 4.01. The maximum atomic E-state index is 2.49. The zero-order chi connectivity index (χ0) is 22.4. The van der Waals surface area contributed by atoms with E-state index >= 15 is 0 Å². The predicted octanol–water partition coefficient (Wildman–Crippen LogP) is 4.46. The normalized spacial score (nSPS) is 18.3. The molecule has 2 nitrogen and oxygen atoms in total. The molecule has 0 spiro atoms. The summed E-state index contributed by atoms with van der Waals surface area (Å²) in [6.07, 6.45) is 17.3. The van der Waals surface area contributed by atoms with Crippen molar-refractivity contribution in [2.45, 2.75) is 76.7 Å². The van der Waals surface area contributed by atoms with E-state index in [2.05, 4.69) is 65.8 Å². The number of hydrogen-bond acceptors (Lipinski definition) is 3. The fraction of sp³-hybridized carbons (Fsp3) is 0.414. The molecule has 0 saturated heterocycles. The number of thiazole rings is 1. The molecule has 2 aromatic carbocycles. The summed E-state index contributed by atoms with van der Waals surface area (Å²) in [4.78, 5) is 4.01. The number of aryl methyl sites for hydroxylation is 4. The van der Waals surface area contributed by atoms with Crippen LogP contribution in [-0.4, -0.2) is 6.54 Å². The molecule has 1 aromatic heterocycles. The average Bonchev–Trinajstić information content (AvgIpc) is 3.41. The summed E-state index contributed by atoms with van der Waals surface area (Å²) >= 11 is 3.97. The van der Waals surface area contributed by atoms with Crippen LogP contribution in [0.4, 0.5) is 5.69 Å². The average molecular weight is 601 g/mol. The standard InChI is InChI=1S/C29H33N2S2.HI/c1-3-30-24-18-16-20-10-5-7-12-22(20)28(24)32-26(30)14-9-15-27-31(4-2)25-19-17-21-11-6-8-13-23(21)29(25)33-27;/h9,14-19H,3-8,10-13H2,1-2H3;1H/q+1;/p-1. The Hall–Kier alpha value is -1.31. The van der Waals surface area contributed by atoms with E-state index in [1.807, 2.05) is 23.1 Å². The fourth-order valence-electron chi connectivity index (χ4n) is 5.89. The molecule has 178 valence electrons. The lowest BCUT2D eigenvalue weighted by atomic mass is 9.91. The Labute approximate surface area is 229 Å². The van der Waals surface area contributed by atoms with Gasteiger partial charge in [-0.2, -0.15) is 4.57 Å². The van der Waals surface area contributed by atoms with Crippen LogP contribution in [0.2, 0.25) is 0 Å². The van der Waals surface area contributed by atoms with Crippen LogP contribution >= 0.6 is 23.1 Å². The first kappa shape index (κ1) is 24.4. The van der Waals surface area contributed by atoms with Crippen molar-refractivity contribution >= 4 is 45.1 Å². The number of anilines is 1. The van der Waals surface area contributed by atoms with E-state index in [1.165, 1.54) is 82.2 Å². The first-order valence-corrected chi connectivity index (χ1v) is 14.4. The van der Waals surface area contributed by atoms with Crippen molar-refractivity contribution in [3.05, 3.63) is 68.7 Å². The number of aromatic nitrogens is 1. The summed E-state index contributed by atoms with van der Waals surface area (Å²) in [5.74, 6) is 0. The number of benzene rings is 2. The number of nitrogens with zero attached hydrogens (tertiary/aromatic N) is 2. The van der Waals surface area contributed by atoms with Crippen molar-refractivity contribution < 1.29 is 28.5 Å². The van der Waals surface area contributed by atoms with Gasteiger partial charge in [-0.05, 0) is 99.6 Å². The van der Waals surface area contributed by atoms with Crippen LogP contribution in [0.25, 0.3) is 16.3 Å². The van der Waals surface area contributed by atoms with Crippen LogP contribution in [0.1, 0.15) is 66.8 Å². The second-order valence-corrected chi connectivity index (χ2v) is 11.5. The molecule has 2 aliphatic carbocycles. The van der Waals surface area contributed by atoms with Crippen LogP contribution in [0.5, 0.6) is 0 Å². The summed E-state index contributed by atoms with van der Waals surface area (Å²) in [6, 6.07) is 9.50. The minimum atomic E-state index is 0. The molecule has 1 aliphatic heterocycles. The third-order valence-corrected chi connectivity index (χ3v) is 10.0. The molecule has 5 heteroatoms. The van der Waals surface area contributed by atoms with Crippen molar-refractivity contribution in [1.82, 2.24) is 0 Å². The minimum Gasteiger partial charge on any atom is -1.00 e. The van der Waals surface area contributed by atoms with Gasteiger partial charge in [0.2, 0.25) is 5.52 Å². The number of allylic oxidation sites excluding steroid dienone is 2. The Morgan fingerprint density at radius 3 is 2.38 bits per heavy atom. The number of rotatable bonds is 4. The highest BCUT2D eigenvalue weighted by Crippen LogP contribution is 2.49. The Bertz CT molecular complexity index is 1290. The number of thioether (sulfide) groups is 1. The van der Waals surface area contributed by atoms with Crippen LogP contribution in [-0.2, 0) is 32.2 Å². The topological polar surface area (TPSA) is 7.12 Å². The van der Waals surface area contributed by atoms with E-state index in [-0.39, 0.29) is 24.0 Å². The Balaban J connectivity index is 0.00000241. The minimum absolute atomic E-state index is 0. The van der Waals surface area contributed by atoms with Gasteiger partial charge in [-0.1, -0.05) is 41.3 Å². The van der Waals surface area contributed by atoms with Gasteiger partial charge in [-0.3, -0.25) is 0 Å². The van der Waals surface area contributed by atoms with E-state index in [0.717, 1.165) is 13.1 Å². The highest BCUT2D eigenvalue weighted by atomic mass is 127. The van der Waals surface area contributed by atoms with Crippen LogP contribution in [0.15, 0.2) is 46.3 Å². The fourth-order valence-corrected chi connectivity index (χ4v) is 8.55. The predicted molar refractivity (Wildman–Crippen MR) is 143 cm³/mol. The first-order chi connectivity index (χ1) is 16.3. The molecule has 0 unspecified atom stereocenters. The van der Waals surface area contributed by atoms with Gasteiger partial charge in [0.15, 0.2) is 0 Å². The maximum absolute atomic E-state index is 2.49. The summed E-state index contributed by atoms with van der Waals surface area (Å²) in [6.45, 7) is 6.57. The van der Waals surface area contributed by atoms with E-state index in [9.17, 15) is 0 Å². The summed E-state index contributed by atoms with van der Waals surface area (Å²) in [5, 5.41) is 2.73. The SMILES string of the molecule is CCN1/C(=C/C=C/c2sc3c4c(ccc3[n+]2CC)CCCC4)Sc2c1ccc1c2CCCC1.[I-]. The van der Waals surface area contributed by atoms with E-state index < -0.39 is 0 Å². The maximum Gasteiger partial charge on any atom is 0.262 e. The lowest BCUT2D eigenvalue weighted by Crippen LogP contribution is -3.00. The molecule has 0 bridgehead atoms. The van der Waals surface area contributed by atoms with E-state index in [1.54, 1.807) is 22.3 Å². The number of fused-ring (bicyclic) bond motifs is 6. The second kappa shape index (κ2) is 10.4. The Morgan fingerprint density at radius 1 is 0.912 bits per heavy atom. The van der Waals surface area contributed by atoms with Gasteiger partial charge in [0.1, 0.15) is 11.2 Å². The monoisotopic (exact) mass is 600 g/mol. The highest BCUT2D eigenvalue weighted by molar-refractivity contribution is 8.03. The molecule has 0 fully saturated rings. The molecule has 34 heavy (non-hydrogen) atoms. The first-order valence-electron chi connectivity index (χ1n) is 12.7. The number of hydrogen-bond donors (Lipinski definition) is 0. The Kier molecular flexibility index (Phi) is 7.43. The molecular formula is C29H33IN2S2. The largest absolute Gasteiger partial charge is 1.00 e. The third kappa shape index (κ3) is 4.16. The highest BCUT2D eigenvalue weighted by Gasteiger charge is 2.28. The molecule has 0 amide bonds. The van der Waals surface area contributed by atoms with Crippen LogP contribution < -0.4 is 33.4 Å². The lowest BCUT2D eigenvalue weighted by molar-refractivity contribution is -0.665. The van der Waals surface area contributed by atoms with Crippen molar-refractivity contribution in [3.8, 4) is 0 Å².